The Morgan fingerprint density at radius 1 is 1.06 bits per heavy atom. The number of fused-ring (bicyclic) bond motifs is 1. The molecule has 2 amide bonds. The third-order valence-electron chi connectivity index (χ3n) is 6.11. The fourth-order valence-corrected chi connectivity index (χ4v) is 4.77. The van der Waals surface area contributed by atoms with Crippen molar-refractivity contribution in [3.63, 3.8) is 0 Å². The number of nitrogens with zero attached hydrogens (tertiary/aromatic N) is 3. The predicted molar refractivity (Wildman–Crippen MR) is 129 cm³/mol. The highest BCUT2D eigenvalue weighted by Crippen LogP contribution is 2.26. The zero-order chi connectivity index (χ0) is 24.5. The van der Waals surface area contributed by atoms with Crippen LogP contribution >= 0.6 is 11.3 Å². The molecular weight excluding hydrogens is 474 g/mol. The molecule has 4 aromatic rings. The number of piperazine rings is 1. The molecule has 1 fully saturated rings. The van der Waals surface area contributed by atoms with Crippen molar-refractivity contribution in [2.24, 2.45) is 0 Å². The molecule has 0 spiro atoms. The zero-order valence-electron chi connectivity index (χ0n) is 18.8. The number of rotatable bonds is 5. The Balaban J connectivity index is 1.17. The van der Waals surface area contributed by atoms with Gasteiger partial charge in [0.25, 0.3) is 5.91 Å². The lowest BCUT2D eigenvalue weighted by Crippen LogP contribution is -2.54. The Hall–Kier alpha value is -3.63. The first-order valence-electron chi connectivity index (χ1n) is 11.1. The first-order valence-corrected chi connectivity index (χ1v) is 12.0. The molecule has 7 nitrogen and oxygen atoms in total. The first-order chi connectivity index (χ1) is 16.9. The molecule has 2 aromatic heterocycles. The molecule has 1 N–H and O–H groups in total. The maximum Gasteiger partial charge on any atom is 0.289 e. The van der Waals surface area contributed by atoms with Gasteiger partial charge in [-0.15, -0.1) is 11.3 Å². The summed E-state index contributed by atoms with van der Waals surface area (Å²) in [5.41, 5.74) is 1.56. The van der Waals surface area contributed by atoms with Crippen LogP contribution in [0.1, 0.15) is 17.5 Å². The molecule has 3 heterocycles. The lowest BCUT2D eigenvalue weighted by molar-refractivity contribution is -0.121. The second kappa shape index (κ2) is 9.55. The van der Waals surface area contributed by atoms with E-state index in [-0.39, 0.29) is 11.8 Å². The summed E-state index contributed by atoms with van der Waals surface area (Å²) in [5, 5.41) is 5.73. The van der Waals surface area contributed by atoms with Crippen molar-refractivity contribution in [1.29, 1.82) is 0 Å². The number of para-hydroxylation sites is 1. The summed E-state index contributed by atoms with van der Waals surface area (Å²) in [5.74, 6) is -1.96. The van der Waals surface area contributed by atoms with Gasteiger partial charge < -0.3 is 14.6 Å². The van der Waals surface area contributed by atoms with Crippen molar-refractivity contribution in [2.75, 3.05) is 31.5 Å². The smallest absolute Gasteiger partial charge is 0.289 e. The van der Waals surface area contributed by atoms with E-state index in [0.717, 1.165) is 17.5 Å². The summed E-state index contributed by atoms with van der Waals surface area (Å²) in [6, 6.07) is 12.4. The van der Waals surface area contributed by atoms with Crippen LogP contribution in [0.3, 0.4) is 0 Å². The predicted octanol–water partition coefficient (Wildman–Crippen LogP) is 4.62. The number of carbonyl (C=O) groups excluding carboxylic acids is 2. The monoisotopic (exact) mass is 496 g/mol. The molecule has 180 valence electrons. The molecule has 0 saturated carbocycles. The average Bonchev–Trinajstić information content (AvgIpc) is 3.52. The van der Waals surface area contributed by atoms with E-state index in [0.29, 0.717) is 53.9 Å². The molecule has 35 heavy (non-hydrogen) atoms. The number of thiazole rings is 1. The summed E-state index contributed by atoms with van der Waals surface area (Å²) in [7, 11) is 0. The van der Waals surface area contributed by atoms with Gasteiger partial charge >= 0.3 is 0 Å². The van der Waals surface area contributed by atoms with E-state index in [9.17, 15) is 18.4 Å². The summed E-state index contributed by atoms with van der Waals surface area (Å²) in [4.78, 5) is 33.7. The number of amides is 2. The van der Waals surface area contributed by atoms with Crippen LogP contribution < -0.4 is 5.32 Å². The molecule has 1 aliphatic heterocycles. The van der Waals surface area contributed by atoms with Gasteiger partial charge in [0.1, 0.15) is 5.58 Å². The van der Waals surface area contributed by atoms with Crippen LogP contribution in [0.2, 0.25) is 0 Å². The third-order valence-corrected chi connectivity index (χ3v) is 6.87. The quantitative estimate of drug-likeness (QED) is 0.436. The molecule has 0 bridgehead atoms. The molecule has 0 aliphatic carbocycles. The summed E-state index contributed by atoms with van der Waals surface area (Å²) < 4.78 is 32.4. The topological polar surface area (TPSA) is 78.7 Å². The highest BCUT2D eigenvalue weighted by Gasteiger charge is 2.29. The molecule has 1 atom stereocenters. The zero-order valence-corrected chi connectivity index (χ0v) is 19.6. The van der Waals surface area contributed by atoms with Crippen LogP contribution in [0.25, 0.3) is 22.2 Å². The number of nitrogens with one attached hydrogen (secondary N) is 1. The van der Waals surface area contributed by atoms with Crippen molar-refractivity contribution in [3.8, 4) is 11.3 Å². The summed E-state index contributed by atoms with van der Waals surface area (Å²) in [6.45, 7) is 3.84. The van der Waals surface area contributed by atoms with Crippen LogP contribution in [-0.4, -0.2) is 58.8 Å². The minimum atomic E-state index is -0.951. The van der Waals surface area contributed by atoms with E-state index in [1.807, 2.05) is 29.2 Å². The van der Waals surface area contributed by atoms with E-state index >= 15 is 0 Å². The SMILES string of the molecule is CC(C(=O)Nc1nc(-c2ccc(F)c(F)c2)cs1)N1CCN(C(=O)c2cc3ccccc3o2)CC1. The van der Waals surface area contributed by atoms with E-state index in [1.54, 1.807) is 23.3 Å². The number of aromatic nitrogens is 1. The van der Waals surface area contributed by atoms with Crippen LogP contribution in [0.5, 0.6) is 0 Å². The molecule has 5 rings (SSSR count). The second-order valence-corrected chi connectivity index (χ2v) is 9.17. The highest BCUT2D eigenvalue weighted by atomic mass is 32.1. The van der Waals surface area contributed by atoms with Crippen molar-refractivity contribution < 1.29 is 22.8 Å². The van der Waals surface area contributed by atoms with Crippen LogP contribution in [0, 0.1) is 11.6 Å². The maximum atomic E-state index is 13.5. The van der Waals surface area contributed by atoms with E-state index in [4.69, 9.17) is 4.42 Å². The fraction of sp³-hybridized carbons (Fsp3) is 0.240. The number of hydrogen-bond donors (Lipinski definition) is 1. The van der Waals surface area contributed by atoms with Crippen LogP contribution in [0.15, 0.2) is 58.3 Å². The van der Waals surface area contributed by atoms with Gasteiger partial charge in [0.2, 0.25) is 5.91 Å². The molecular formula is C25H22F2N4O3S. The van der Waals surface area contributed by atoms with Gasteiger partial charge in [0.05, 0.1) is 11.7 Å². The van der Waals surface area contributed by atoms with Crippen molar-refractivity contribution in [1.82, 2.24) is 14.8 Å². The Morgan fingerprint density at radius 2 is 1.83 bits per heavy atom. The number of hydrogen-bond acceptors (Lipinski definition) is 6. The van der Waals surface area contributed by atoms with Crippen molar-refractivity contribution in [3.05, 3.63) is 71.3 Å². The maximum absolute atomic E-state index is 13.5. The van der Waals surface area contributed by atoms with Gasteiger partial charge in [-0.3, -0.25) is 14.5 Å². The van der Waals surface area contributed by atoms with Gasteiger partial charge in [-0.05, 0) is 37.3 Å². The Bertz CT molecular complexity index is 1360. The number of anilines is 1. The van der Waals surface area contributed by atoms with Gasteiger partial charge in [0, 0.05) is 42.5 Å². The summed E-state index contributed by atoms with van der Waals surface area (Å²) in [6.07, 6.45) is 0. The lowest BCUT2D eigenvalue weighted by Gasteiger charge is -2.36. The Morgan fingerprint density at radius 3 is 2.57 bits per heavy atom. The normalized spacial score (nSPS) is 15.3. The first kappa shape index (κ1) is 23.1. The molecule has 1 unspecified atom stereocenters. The van der Waals surface area contributed by atoms with Gasteiger partial charge in [0.15, 0.2) is 22.5 Å². The Kier molecular flexibility index (Phi) is 6.31. The van der Waals surface area contributed by atoms with Crippen molar-refractivity contribution in [2.45, 2.75) is 13.0 Å². The molecule has 0 radical (unpaired) electrons. The number of furan rings is 1. The van der Waals surface area contributed by atoms with Crippen LogP contribution in [0.4, 0.5) is 13.9 Å². The standard InChI is InChI=1S/C25H22F2N4O3S/c1-15(23(32)29-25-28-20(14-35-25)16-6-7-18(26)19(27)12-16)30-8-10-31(11-9-30)24(33)22-13-17-4-2-3-5-21(17)34-22/h2-7,12-15H,8-11H2,1H3,(H,28,29,32). The van der Waals surface area contributed by atoms with E-state index < -0.39 is 17.7 Å². The number of halogens is 2. The van der Waals surface area contributed by atoms with E-state index in [1.165, 1.54) is 17.4 Å². The van der Waals surface area contributed by atoms with Crippen molar-refractivity contribution >= 4 is 39.3 Å². The van der Waals surface area contributed by atoms with E-state index in [2.05, 4.69) is 10.3 Å². The number of carbonyl (C=O) groups is 2. The molecule has 10 heteroatoms. The molecule has 1 saturated heterocycles. The minimum Gasteiger partial charge on any atom is -0.451 e. The second-order valence-electron chi connectivity index (χ2n) is 8.31. The van der Waals surface area contributed by atoms with Gasteiger partial charge in [-0.2, -0.15) is 0 Å². The fourth-order valence-electron chi connectivity index (χ4n) is 4.05. The number of benzene rings is 2. The van der Waals surface area contributed by atoms with Gasteiger partial charge in [-0.25, -0.2) is 13.8 Å². The lowest BCUT2D eigenvalue weighted by atomic mass is 10.2. The largest absolute Gasteiger partial charge is 0.451 e. The minimum absolute atomic E-state index is 0.162. The summed E-state index contributed by atoms with van der Waals surface area (Å²) >= 11 is 1.21. The highest BCUT2D eigenvalue weighted by molar-refractivity contribution is 7.14. The third kappa shape index (κ3) is 4.80. The van der Waals surface area contributed by atoms with Gasteiger partial charge in [-0.1, -0.05) is 18.2 Å². The molecule has 2 aromatic carbocycles. The Labute approximate surface area is 204 Å². The van der Waals surface area contributed by atoms with Crippen LogP contribution in [-0.2, 0) is 4.79 Å². The molecule has 1 aliphatic rings. The average molecular weight is 497 g/mol.